The number of ether oxygens (including phenoxy) is 2. The molecular weight excluding hydrogens is 330 g/mol. The van der Waals surface area contributed by atoms with Crippen molar-refractivity contribution >= 4 is 15.9 Å². The predicted molar refractivity (Wildman–Crippen MR) is 90.5 cm³/mol. The molecule has 0 spiro atoms. The van der Waals surface area contributed by atoms with Gasteiger partial charge >= 0.3 is 0 Å². The van der Waals surface area contributed by atoms with Gasteiger partial charge in [0.1, 0.15) is 0 Å². The maximum absolute atomic E-state index is 5.98. The lowest BCUT2D eigenvalue weighted by molar-refractivity contribution is 0.278. The zero-order valence-electron chi connectivity index (χ0n) is 13.5. The molecule has 2 rings (SSSR count). The van der Waals surface area contributed by atoms with E-state index in [0.717, 1.165) is 28.9 Å². The van der Waals surface area contributed by atoms with Crippen molar-refractivity contribution in [2.24, 2.45) is 0 Å². The zero-order chi connectivity index (χ0) is 15.4. The van der Waals surface area contributed by atoms with E-state index in [4.69, 9.17) is 9.47 Å². The van der Waals surface area contributed by atoms with Crippen LogP contribution in [0.4, 0.5) is 0 Å². The van der Waals surface area contributed by atoms with E-state index in [2.05, 4.69) is 41.2 Å². The first kappa shape index (κ1) is 16.6. The number of hydrogen-bond donors (Lipinski definition) is 1. The van der Waals surface area contributed by atoms with Gasteiger partial charge in [-0.1, -0.05) is 29.8 Å². The Morgan fingerprint density at radius 2 is 1.86 bits per heavy atom. The first-order chi connectivity index (χ1) is 10.1. The van der Waals surface area contributed by atoms with Crippen LogP contribution in [0.3, 0.4) is 0 Å². The Kier molecular flexibility index (Phi) is 5.94. The predicted octanol–water partition coefficient (Wildman–Crippen LogP) is 4.79. The summed E-state index contributed by atoms with van der Waals surface area (Å²) >= 11 is 3.74. The molecule has 1 aromatic rings. The van der Waals surface area contributed by atoms with Gasteiger partial charge in [0.05, 0.1) is 13.2 Å². The Hall–Kier alpha value is -0.740. The third-order valence-electron chi connectivity index (χ3n) is 4.04. The highest BCUT2D eigenvalue weighted by Gasteiger charge is 2.31. The lowest BCUT2D eigenvalue weighted by Gasteiger charge is -2.33. The van der Waals surface area contributed by atoms with Crippen LogP contribution in [0.25, 0.3) is 0 Å². The summed E-state index contributed by atoms with van der Waals surface area (Å²) in [6.45, 7) is 10.7. The number of fused-ring (bicyclic) bond motifs is 1. The molecule has 0 bridgehead atoms. The molecule has 0 fully saturated rings. The number of nitrogens with one attached hydrogen (secondary N) is 1. The van der Waals surface area contributed by atoms with Crippen molar-refractivity contribution < 1.29 is 9.47 Å². The highest BCUT2D eigenvalue weighted by atomic mass is 79.9. The van der Waals surface area contributed by atoms with Crippen LogP contribution in [0.5, 0.6) is 11.5 Å². The van der Waals surface area contributed by atoms with E-state index in [1.807, 2.05) is 13.8 Å². The average Bonchev–Trinajstić information content (AvgIpc) is 2.45. The van der Waals surface area contributed by atoms with E-state index < -0.39 is 0 Å². The Morgan fingerprint density at radius 1 is 1.14 bits per heavy atom. The number of halogens is 1. The molecule has 2 atom stereocenters. The van der Waals surface area contributed by atoms with E-state index in [-0.39, 0.29) is 0 Å². The van der Waals surface area contributed by atoms with Crippen LogP contribution in [0.1, 0.15) is 63.6 Å². The largest absolute Gasteiger partial charge is 0.490 e. The fourth-order valence-corrected chi connectivity index (χ4v) is 4.01. The first-order valence-corrected chi connectivity index (χ1v) is 8.78. The molecule has 0 saturated heterocycles. The van der Waals surface area contributed by atoms with Gasteiger partial charge in [0.15, 0.2) is 11.5 Å². The highest BCUT2D eigenvalue weighted by Crippen LogP contribution is 2.49. The Balaban J connectivity index is 2.61. The summed E-state index contributed by atoms with van der Waals surface area (Å²) in [5.74, 6) is 2.32. The van der Waals surface area contributed by atoms with Crippen LogP contribution in [0.2, 0.25) is 0 Å². The standard InChI is InChI=1S/C17H26BrNO2/c1-5-19-13-9-8-11(4)15-12(18)10-14(20-6-2)17(16(13)15)21-7-3/h10-11,13,19H,5-9H2,1-4H3. The van der Waals surface area contributed by atoms with E-state index in [1.165, 1.54) is 17.5 Å². The molecule has 0 heterocycles. The molecule has 3 nitrogen and oxygen atoms in total. The van der Waals surface area contributed by atoms with Gasteiger partial charge in [0.25, 0.3) is 0 Å². The van der Waals surface area contributed by atoms with Gasteiger partial charge in [-0.25, -0.2) is 0 Å². The van der Waals surface area contributed by atoms with E-state index in [1.54, 1.807) is 0 Å². The van der Waals surface area contributed by atoms with Crippen LogP contribution < -0.4 is 14.8 Å². The second-order valence-corrected chi connectivity index (χ2v) is 6.32. The third kappa shape index (κ3) is 3.37. The van der Waals surface area contributed by atoms with E-state index >= 15 is 0 Å². The number of benzene rings is 1. The minimum Gasteiger partial charge on any atom is -0.490 e. The normalized spacial score (nSPS) is 21.0. The van der Waals surface area contributed by atoms with Gasteiger partial charge in [-0.05, 0) is 50.8 Å². The van der Waals surface area contributed by atoms with Crippen molar-refractivity contribution in [2.75, 3.05) is 19.8 Å². The van der Waals surface area contributed by atoms with Crippen molar-refractivity contribution in [3.8, 4) is 11.5 Å². The maximum atomic E-state index is 5.98. The number of hydrogen-bond acceptors (Lipinski definition) is 3. The maximum Gasteiger partial charge on any atom is 0.166 e. The van der Waals surface area contributed by atoms with Gasteiger partial charge in [-0.2, -0.15) is 0 Å². The second-order valence-electron chi connectivity index (χ2n) is 5.47. The monoisotopic (exact) mass is 355 g/mol. The molecule has 0 saturated carbocycles. The summed E-state index contributed by atoms with van der Waals surface area (Å²) < 4.78 is 12.9. The van der Waals surface area contributed by atoms with Gasteiger partial charge in [-0.15, -0.1) is 0 Å². The van der Waals surface area contributed by atoms with Crippen molar-refractivity contribution in [3.63, 3.8) is 0 Å². The molecule has 2 unspecified atom stereocenters. The Bertz CT molecular complexity index is 490. The highest BCUT2D eigenvalue weighted by molar-refractivity contribution is 9.10. The molecule has 0 aromatic heterocycles. The molecule has 0 amide bonds. The molecule has 1 N–H and O–H groups in total. The third-order valence-corrected chi connectivity index (χ3v) is 4.70. The molecule has 4 heteroatoms. The molecule has 1 aliphatic carbocycles. The molecular formula is C17H26BrNO2. The second kappa shape index (κ2) is 7.50. The smallest absolute Gasteiger partial charge is 0.166 e. The molecule has 0 radical (unpaired) electrons. The van der Waals surface area contributed by atoms with Crippen molar-refractivity contribution in [1.29, 1.82) is 0 Å². The van der Waals surface area contributed by atoms with Crippen LogP contribution in [0, 0.1) is 0 Å². The molecule has 0 aliphatic heterocycles. The Morgan fingerprint density at radius 3 is 2.48 bits per heavy atom. The minimum atomic E-state index is 0.347. The summed E-state index contributed by atoms with van der Waals surface area (Å²) in [5, 5.41) is 3.60. The van der Waals surface area contributed by atoms with Crippen molar-refractivity contribution in [1.82, 2.24) is 5.32 Å². The zero-order valence-corrected chi connectivity index (χ0v) is 15.0. The van der Waals surface area contributed by atoms with Crippen LogP contribution in [0.15, 0.2) is 10.5 Å². The van der Waals surface area contributed by atoms with Crippen molar-refractivity contribution in [2.45, 2.75) is 52.5 Å². The summed E-state index contributed by atoms with van der Waals surface area (Å²) in [7, 11) is 0. The van der Waals surface area contributed by atoms with Gasteiger partial charge in [0.2, 0.25) is 0 Å². The molecule has 1 aliphatic rings. The molecule has 118 valence electrons. The molecule has 1 aromatic carbocycles. The summed E-state index contributed by atoms with van der Waals surface area (Å²) in [6.07, 6.45) is 2.34. The van der Waals surface area contributed by atoms with Gasteiger partial charge in [-0.3, -0.25) is 0 Å². The van der Waals surface area contributed by atoms with Crippen LogP contribution >= 0.6 is 15.9 Å². The topological polar surface area (TPSA) is 30.5 Å². The number of rotatable bonds is 6. The van der Waals surface area contributed by atoms with Crippen LogP contribution in [-0.4, -0.2) is 19.8 Å². The van der Waals surface area contributed by atoms with Gasteiger partial charge < -0.3 is 14.8 Å². The van der Waals surface area contributed by atoms with Crippen molar-refractivity contribution in [3.05, 3.63) is 21.7 Å². The molecule has 21 heavy (non-hydrogen) atoms. The first-order valence-electron chi connectivity index (χ1n) is 7.99. The summed E-state index contributed by atoms with van der Waals surface area (Å²) in [5.41, 5.74) is 2.66. The lowest BCUT2D eigenvalue weighted by atomic mass is 9.80. The van der Waals surface area contributed by atoms with E-state index in [0.29, 0.717) is 25.2 Å². The lowest BCUT2D eigenvalue weighted by Crippen LogP contribution is -2.27. The quantitative estimate of drug-likeness (QED) is 0.795. The summed E-state index contributed by atoms with van der Waals surface area (Å²) in [6, 6.07) is 2.41. The fourth-order valence-electron chi connectivity index (χ4n) is 3.20. The average molecular weight is 356 g/mol. The SMILES string of the molecule is CCNC1CCC(C)c2c(Br)cc(OCC)c(OCC)c21. The Labute approximate surface area is 136 Å². The summed E-state index contributed by atoms with van der Waals surface area (Å²) in [4.78, 5) is 0. The fraction of sp³-hybridized carbons (Fsp3) is 0.647. The van der Waals surface area contributed by atoms with Gasteiger partial charge in [0, 0.05) is 16.1 Å². The minimum absolute atomic E-state index is 0.347. The van der Waals surface area contributed by atoms with Crippen LogP contribution in [-0.2, 0) is 0 Å². The van der Waals surface area contributed by atoms with E-state index in [9.17, 15) is 0 Å².